The topological polar surface area (TPSA) is 78.4 Å². The van der Waals surface area contributed by atoms with E-state index in [2.05, 4.69) is 16.6 Å². The van der Waals surface area contributed by atoms with Crippen LogP contribution in [0.25, 0.3) is 0 Å². The summed E-state index contributed by atoms with van der Waals surface area (Å²) in [5.74, 6) is 1.08. The second-order valence-corrected chi connectivity index (χ2v) is 5.13. The summed E-state index contributed by atoms with van der Waals surface area (Å²) in [5.41, 5.74) is 0. The van der Waals surface area contributed by atoms with E-state index < -0.39 is 18.0 Å². The number of thiophene rings is 1. The maximum absolute atomic E-state index is 11.6. The number of carbonyl (C=O) groups excluding carboxylic acids is 1. The Morgan fingerprint density at radius 1 is 1.53 bits per heavy atom. The lowest BCUT2D eigenvalue weighted by Crippen LogP contribution is -2.48. The number of carboxylic acids is 1. The second kappa shape index (κ2) is 7.44. The van der Waals surface area contributed by atoms with Crippen LogP contribution in [0.2, 0.25) is 0 Å². The predicted octanol–water partition coefficient (Wildman–Crippen LogP) is 1.45. The standard InChI is InChI=1S/C13H16N2O3S/c1-3-5-11(12(16)17)15-13(18)14-9(2)8-10-6-4-7-19-10/h1,4,6-7,9,11H,5,8H2,2H3,(H,16,17)(H2,14,15,18). The number of urea groups is 1. The molecule has 2 atom stereocenters. The zero-order chi connectivity index (χ0) is 14.3. The Bertz CT molecular complexity index is 465. The minimum absolute atomic E-state index is 0.0396. The molecule has 1 aromatic rings. The van der Waals surface area contributed by atoms with Gasteiger partial charge in [0.2, 0.25) is 0 Å². The van der Waals surface area contributed by atoms with Crippen molar-refractivity contribution in [1.29, 1.82) is 0 Å². The van der Waals surface area contributed by atoms with E-state index >= 15 is 0 Å². The molecule has 0 saturated heterocycles. The molecule has 0 aliphatic rings. The molecule has 0 bridgehead atoms. The molecule has 1 heterocycles. The number of amides is 2. The first-order chi connectivity index (χ1) is 9.02. The largest absolute Gasteiger partial charge is 0.480 e. The highest BCUT2D eigenvalue weighted by Crippen LogP contribution is 2.10. The van der Waals surface area contributed by atoms with Gasteiger partial charge in [0.05, 0.1) is 0 Å². The number of carbonyl (C=O) groups is 2. The number of hydrogen-bond acceptors (Lipinski definition) is 3. The molecule has 0 fully saturated rings. The van der Waals surface area contributed by atoms with E-state index in [4.69, 9.17) is 11.5 Å². The second-order valence-electron chi connectivity index (χ2n) is 4.10. The fraction of sp³-hybridized carbons (Fsp3) is 0.385. The Hall–Kier alpha value is -2.00. The molecule has 1 rings (SSSR count). The van der Waals surface area contributed by atoms with Crippen LogP contribution in [0.3, 0.4) is 0 Å². The van der Waals surface area contributed by atoms with Crippen molar-refractivity contribution in [2.45, 2.75) is 31.8 Å². The van der Waals surface area contributed by atoms with Crippen LogP contribution in [-0.2, 0) is 11.2 Å². The first-order valence-corrected chi connectivity index (χ1v) is 6.66. The van der Waals surface area contributed by atoms with Gasteiger partial charge in [-0.15, -0.1) is 23.7 Å². The molecule has 0 radical (unpaired) electrons. The predicted molar refractivity (Wildman–Crippen MR) is 74.0 cm³/mol. The highest BCUT2D eigenvalue weighted by Gasteiger charge is 2.19. The minimum Gasteiger partial charge on any atom is -0.480 e. The zero-order valence-corrected chi connectivity index (χ0v) is 11.4. The van der Waals surface area contributed by atoms with Crippen molar-refractivity contribution in [3.05, 3.63) is 22.4 Å². The van der Waals surface area contributed by atoms with Crippen LogP contribution in [0.5, 0.6) is 0 Å². The van der Waals surface area contributed by atoms with E-state index in [0.717, 1.165) is 4.88 Å². The Morgan fingerprint density at radius 3 is 2.79 bits per heavy atom. The average Bonchev–Trinajstić information content (AvgIpc) is 2.80. The summed E-state index contributed by atoms with van der Waals surface area (Å²) in [4.78, 5) is 23.6. The fourth-order valence-corrected chi connectivity index (χ4v) is 2.36. The van der Waals surface area contributed by atoms with Gasteiger partial charge in [-0.1, -0.05) is 6.07 Å². The molecular weight excluding hydrogens is 264 g/mol. The Labute approximate surface area is 116 Å². The highest BCUT2D eigenvalue weighted by atomic mass is 32.1. The van der Waals surface area contributed by atoms with Crippen molar-refractivity contribution in [1.82, 2.24) is 10.6 Å². The molecule has 6 heteroatoms. The van der Waals surface area contributed by atoms with E-state index in [9.17, 15) is 9.59 Å². The van der Waals surface area contributed by atoms with Gasteiger partial charge in [-0.05, 0) is 18.4 Å². The van der Waals surface area contributed by atoms with Gasteiger partial charge < -0.3 is 15.7 Å². The van der Waals surface area contributed by atoms with Crippen molar-refractivity contribution in [2.24, 2.45) is 0 Å². The van der Waals surface area contributed by atoms with Crippen LogP contribution in [0, 0.1) is 12.3 Å². The van der Waals surface area contributed by atoms with Gasteiger partial charge in [-0.25, -0.2) is 9.59 Å². The number of hydrogen-bond donors (Lipinski definition) is 3. The van der Waals surface area contributed by atoms with Crippen LogP contribution < -0.4 is 10.6 Å². The molecule has 0 aliphatic carbocycles. The van der Waals surface area contributed by atoms with Crippen LogP contribution >= 0.6 is 11.3 Å². The molecule has 5 nitrogen and oxygen atoms in total. The molecule has 0 aromatic carbocycles. The minimum atomic E-state index is -1.14. The Morgan fingerprint density at radius 2 is 2.26 bits per heavy atom. The first-order valence-electron chi connectivity index (χ1n) is 5.78. The lowest BCUT2D eigenvalue weighted by molar-refractivity contribution is -0.139. The third-order valence-corrected chi connectivity index (χ3v) is 3.29. The summed E-state index contributed by atoms with van der Waals surface area (Å²) in [6.45, 7) is 1.86. The molecule has 0 spiro atoms. The molecule has 19 heavy (non-hydrogen) atoms. The average molecular weight is 280 g/mol. The quantitative estimate of drug-likeness (QED) is 0.690. The molecular formula is C13H16N2O3S. The van der Waals surface area contributed by atoms with Crippen LogP contribution in [0.4, 0.5) is 4.79 Å². The summed E-state index contributed by atoms with van der Waals surface area (Å²) < 4.78 is 0. The van der Waals surface area contributed by atoms with Gasteiger partial charge in [0.25, 0.3) is 0 Å². The molecule has 102 valence electrons. The smallest absolute Gasteiger partial charge is 0.327 e. The summed E-state index contributed by atoms with van der Waals surface area (Å²) >= 11 is 1.61. The summed E-state index contributed by atoms with van der Waals surface area (Å²) in [7, 11) is 0. The number of nitrogens with one attached hydrogen (secondary N) is 2. The molecule has 2 unspecified atom stereocenters. The van der Waals surface area contributed by atoms with Crippen molar-refractivity contribution < 1.29 is 14.7 Å². The highest BCUT2D eigenvalue weighted by molar-refractivity contribution is 7.09. The maximum atomic E-state index is 11.6. The van der Waals surface area contributed by atoms with E-state index in [1.54, 1.807) is 11.3 Å². The van der Waals surface area contributed by atoms with Gasteiger partial charge in [-0.2, -0.15) is 0 Å². The summed E-state index contributed by atoms with van der Waals surface area (Å²) in [6, 6.07) is 2.27. The first kappa shape index (κ1) is 15.1. The van der Waals surface area contributed by atoms with Crippen LogP contribution in [0.15, 0.2) is 17.5 Å². The number of rotatable bonds is 6. The maximum Gasteiger partial charge on any atom is 0.327 e. The van der Waals surface area contributed by atoms with Crippen molar-refractivity contribution >= 4 is 23.3 Å². The summed E-state index contributed by atoms with van der Waals surface area (Å²) in [5, 5.41) is 15.9. The van der Waals surface area contributed by atoms with Gasteiger partial charge in [0, 0.05) is 23.8 Å². The van der Waals surface area contributed by atoms with Crippen molar-refractivity contribution in [2.75, 3.05) is 0 Å². The lowest BCUT2D eigenvalue weighted by Gasteiger charge is -2.16. The lowest BCUT2D eigenvalue weighted by atomic mass is 10.2. The summed E-state index contributed by atoms with van der Waals surface area (Å²) in [6.07, 6.45) is 5.72. The Balaban J connectivity index is 2.41. The molecule has 1 aromatic heterocycles. The van der Waals surface area contributed by atoms with Crippen molar-refractivity contribution in [3.8, 4) is 12.3 Å². The van der Waals surface area contributed by atoms with E-state index in [1.807, 2.05) is 24.4 Å². The molecule has 0 saturated carbocycles. The van der Waals surface area contributed by atoms with Gasteiger partial charge >= 0.3 is 12.0 Å². The molecule has 3 N–H and O–H groups in total. The van der Waals surface area contributed by atoms with E-state index in [-0.39, 0.29) is 12.5 Å². The van der Waals surface area contributed by atoms with Crippen molar-refractivity contribution in [3.63, 3.8) is 0 Å². The molecule has 2 amide bonds. The fourth-order valence-electron chi connectivity index (χ4n) is 1.52. The molecule has 0 aliphatic heterocycles. The van der Waals surface area contributed by atoms with E-state index in [1.165, 1.54) is 0 Å². The number of aliphatic carboxylic acids is 1. The number of carboxylic acid groups (broad SMARTS) is 1. The third-order valence-electron chi connectivity index (χ3n) is 2.39. The van der Waals surface area contributed by atoms with Crippen LogP contribution in [0.1, 0.15) is 18.2 Å². The SMILES string of the molecule is C#CCC(NC(=O)NC(C)Cc1cccs1)C(=O)O. The number of terminal acetylenes is 1. The van der Waals surface area contributed by atoms with Gasteiger partial charge in [-0.3, -0.25) is 0 Å². The van der Waals surface area contributed by atoms with Gasteiger partial charge in [0.1, 0.15) is 6.04 Å². The normalized spacial score (nSPS) is 13.1. The van der Waals surface area contributed by atoms with Crippen LogP contribution in [-0.4, -0.2) is 29.2 Å². The van der Waals surface area contributed by atoms with E-state index in [0.29, 0.717) is 6.42 Å². The Kier molecular flexibility index (Phi) is 5.90. The third kappa shape index (κ3) is 5.44. The zero-order valence-electron chi connectivity index (χ0n) is 10.6. The monoisotopic (exact) mass is 280 g/mol. The van der Waals surface area contributed by atoms with Gasteiger partial charge in [0.15, 0.2) is 0 Å².